The number of aliphatic hydroxyl groups is 2. The number of ether oxygens (including phenoxy) is 1. The second-order valence-corrected chi connectivity index (χ2v) is 10.8. The Bertz CT molecular complexity index is 1270. The van der Waals surface area contributed by atoms with Crippen molar-refractivity contribution in [2.24, 2.45) is 0 Å². The highest BCUT2D eigenvalue weighted by molar-refractivity contribution is 5.78. The van der Waals surface area contributed by atoms with Crippen LogP contribution >= 0.6 is 0 Å². The van der Waals surface area contributed by atoms with E-state index in [4.69, 9.17) is 4.74 Å². The first-order valence-electron chi connectivity index (χ1n) is 12.6. The Morgan fingerprint density at radius 3 is 2.19 bits per heavy atom. The van der Waals surface area contributed by atoms with Crippen LogP contribution in [-0.4, -0.2) is 15.8 Å². The number of hydrogen-bond donors (Lipinski definition) is 2. The van der Waals surface area contributed by atoms with Gasteiger partial charge in [0.05, 0.1) is 11.7 Å². The number of rotatable bonds is 4. The number of alkyl halides is 3. The number of fused-ring (bicyclic) bond motifs is 1. The first-order chi connectivity index (χ1) is 17.4. The van der Waals surface area contributed by atoms with Gasteiger partial charge in [-0.25, -0.2) is 4.39 Å². The Labute approximate surface area is 213 Å². The molecule has 0 bridgehead atoms. The Morgan fingerprint density at radius 1 is 0.973 bits per heavy atom. The maximum atomic E-state index is 13.9. The zero-order chi connectivity index (χ0) is 26.5. The van der Waals surface area contributed by atoms with Crippen LogP contribution in [-0.2, 0) is 6.18 Å². The number of hydrogen-bond acceptors (Lipinski definition) is 3. The molecule has 0 amide bonds. The molecule has 0 aromatic heterocycles. The molecule has 37 heavy (non-hydrogen) atoms. The van der Waals surface area contributed by atoms with Gasteiger partial charge in [-0.1, -0.05) is 37.1 Å². The highest BCUT2D eigenvalue weighted by Crippen LogP contribution is 2.52. The van der Waals surface area contributed by atoms with Crippen LogP contribution in [0, 0.1) is 5.82 Å². The average Bonchev–Trinajstić information content (AvgIpc) is 3.37. The lowest BCUT2D eigenvalue weighted by atomic mass is 9.77. The number of aliphatic hydroxyl groups excluding tert-OH is 2. The molecule has 1 aliphatic carbocycles. The van der Waals surface area contributed by atoms with Crippen molar-refractivity contribution in [1.29, 1.82) is 0 Å². The molecule has 1 heterocycles. The topological polar surface area (TPSA) is 49.7 Å². The van der Waals surface area contributed by atoms with E-state index in [9.17, 15) is 27.8 Å². The van der Waals surface area contributed by atoms with E-state index >= 15 is 0 Å². The van der Waals surface area contributed by atoms with E-state index in [1.54, 1.807) is 12.1 Å². The summed E-state index contributed by atoms with van der Waals surface area (Å²) in [6.45, 7) is 3.80. The molecule has 1 aliphatic heterocycles. The Balaban J connectivity index is 1.77. The standard InChI is InChI=1S/C30H30F4O3/c1-29(2)16-23(35)27-24(37-29)15-22(17-5-3-4-6-17)26(25(27)18-9-13-21(31)14-10-18)28(36)19-7-11-20(12-8-19)30(32,33)34/h7-15,17,23,28,35-36H,3-6,16H2,1-2H3/t23-,28-/m0/s1. The Morgan fingerprint density at radius 2 is 1.59 bits per heavy atom. The van der Waals surface area contributed by atoms with E-state index in [-0.39, 0.29) is 5.92 Å². The van der Waals surface area contributed by atoms with Gasteiger partial charge >= 0.3 is 6.18 Å². The Hall–Kier alpha value is -2.90. The largest absolute Gasteiger partial charge is 0.487 e. The molecule has 0 saturated heterocycles. The van der Waals surface area contributed by atoms with Crippen LogP contribution in [0.25, 0.3) is 11.1 Å². The second kappa shape index (κ2) is 9.44. The van der Waals surface area contributed by atoms with Crippen molar-refractivity contribution in [3.8, 4) is 16.9 Å². The summed E-state index contributed by atoms with van der Waals surface area (Å²) in [4.78, 5) is 0. The molecule has 196 valence electrons. The summed E-state index contributed by atoms with van der Waals surface area (Å²) < 4.78 is 59.8. The van der Waals surface area contributed by atoms with Gasteiger partial charge < -0.3 is 14.9 Å². The summed E-state index contributed by atoms with van der Waals surface area (Å²) in [6, 6.07) is 12.2. The first-order valence-corrected chi connectivity index (χ1v) is 12.6. The molecule has 3 aromatic carbocycles. The van der Waals surface area contributed by atoms with Crippen LogP contribution in [0.3, 0.4) is 0 Å². The highest BCUT2D eigenvalue weighted by Gasteiger charge is 2.39. The van der Waals surface area contributed by atoms with Crippen molar-refractivity contribution < 1.29 is 32.5 Å². The van der Waals surface area contributed by atoms with Crippen molar-refractivity contribution in [2.45, 2.75) is 75.9 Å². The summed E-state index contributed by atoms with van der Waals surface area (Å²) >= 11 is 0. The fourth-order valence-electron chi connectivity index (χ4n) is 5.85. The first kappa shape index (κ1) is 25.7. The molecule has 0 unspecified atom stereocenters. The highest BCUT2D eigenvalue weighted by atomic mass is 19.4. The van der Waals surface area contributed by atoms with Crippen molar-refractivity contribution in [3.05, 3.63) is 88.2 Å². The molecule has 3 nitrogen and oxygen atoms in total. The van der Waals surface area contributed by atoms with Crippen LogP contribution in [0.15, 0.2) is 54.6 Å². The lowest BCUT2D eigenvalue weighted by Crippen LogP contribution is -2.35. The van der Waals surface area contributed by atoms with Gasteiger partial charge in [-0.3, -0.25) is 0 Å². The molecule has 5 rings (SSSR count). The van der Waals surface area contributed by atoms with Gasteiger partial charge in [0, 0.05) is 12.0 Å². The molecule has 2 aliphatic rings. The Kier molecular flexibility index (Phi) is 6.57. The van der Waals surface area contributed by atoms with Crippen molar-refractivity contribution in [2.75, 3.05) is 0 Å². The van der Waals surface area contributed by atoms with Gasteiger partial charge in [0.15, 0.2) is 0 Å². The van der Waals surface area contributed by atoms with E-state index in [0.717, 1.165) is 43.4 Å². The molecule has 7 heteroatoms. The monoisotopic (exact) mass is 514 g/mol. The lowest BCUT2D eigenvalue weighted by molar-refractivity contribution is -0.137. The molecule has 1 saturated carbocycles. The zero-order valence-corrected chi connectivity index (χ0v) is 20.8. The van der Waals surface area contributed by atoms with Gasteiger partial charge in [-0.2, -0.15) is 13.2 Å². The van der Waals surface area contributed by atoms with Gasteiger partial charge in [0.25, 0.3) is 0 Å². The summed E-state index contributed by atoms with van der Waals surface area (Å²) in [5.74, 6) is 0.218. The molecule has 2 atom stereocenters. The third-order valence-electron chi connectivity index (χ3n) is 7.56. The van der Waals surface area contributed by atoms with Crippen LogP contribution < -0.4 is 4.74 Å². The third kappa shape index (κ3) is 4.99. The van der Waals surface area contributed by atoms with Crippen molar-refractivity contribution in [3.63, 3.8) is 0 Å². The number of benzene rings is 3. The van der Waals surface area contributed by atoms with Gasteiger partial charge in [0.1, 0.15) is 23.3 Å². The summed E-state index contributed by atoms with van der Waals surface area (Å²) in [7, 11) is 0. The summed E-state index contributed by atoms with van der Waals surface area (Å²) in [5, 5.41) is 23.0. The molecule has 1 fully saturated rings. The van der Waals surface area contributed by atoms with Crippen LogP contribution in [0.2, 0.25) is 0 Å². The summed E-state index contributed by atoms with van der Waals surface area (Å²) in [5.41, 5.74) is 1.93. The predicted octanol–water partition coefficient (Wildman–Crippen LogP) is 7.85. The smallest absolute Gasteiger partial charge is 0.416 e. The average molecular weight is 515 g/mol. The SMILES string of the molecule is CC1(C)C[C@H](O)c2c(cc(C3CCCC3)c([C@@H](O)c3ccc(C(F)(F)F)cc3)c2-c2ccc(F)cc2)O1. The summed E-state index contributed by atoms with van der Waals surface area (Å²) in [6.07, 6.45) is -2.48. The van der Waals surface area contributed by atoms with E-state index < -0.39 is 35.4 Å². The normalized spacial score (nSPS) is 20.4. The van der Waals surface area contributed by atoms with E-state index in [1.165, 1.54) is 24.3 Å². The molecule has 3 aromatic rings. The molecular weight excluding hydrogens is 484 g/mol. The molecule has 0 radical (unpaired) electrons. The minimum atomic E-state index is -4.49. The second-order valence-electron chi connectivity index (χ2n) is 10.8. The molecule has 0 spiro atoms. The van der Waals surface area contributed by atoms with Gasteiger partial charge in [-0.05, 0) is 90.8 Å². The van der Waals surface area contributed by atoms with E-state index in [1.807, 2.05) is 19.9 Å². The third-order valence-corrected chi connectivity index (χ3v) is 7.56. The van der Waals surface area contributed by atoms with Crippen molar-refractivity contribution >= 4 is 0 Å². The maximum Gasteiger partial charge on any atom is 0.416 e. The predicted molar refractivity (Wildman–Crippen MR) is 133 cm³/mol. The molecular formula is C30H30F4O3. The quantitative estimate of drug-likeness (QED) is 0.349. The number of halogens is 4. The minimum Gasteiger partial charge on any atom is -0.487 e. The molecule has 2 N–H and O–H groups in total. The fraction of sp³-hybridized carbons (Fsp3) is 0.400. The zero-order valence-electron chi connectivity index (χ0n) is 20.8. The van der Waals surface area contributed by atoms with Gasteiger partial charge in [0.2, 0.25) is 0 Å². The fourth-order valence-corrected chi connectivity index (χ4v) is 5.85. The van der Waals surface area contributed by atoms with Crippen LogP contribution in [0.5, 0.6) is 5.75 Å². The van der Waals surface area contributed by atoms with Gasteiger partial charge in [-0.15, -0.1) is 0 Å². The minimum absolute atomic E-state index is 0.120. The van der Waals surface area contributed by atoms with Crippen LogP contribution in [0.1, 0.15) is 91.9 Å². The van der Waals surface area contributed by atoms with E-state index in [2.05, 4.69) is 0 Å². The van der Waals surface area contributed by atoms with Crippen LogP contribution in [0.4, 0.5) is 17.6 Å². The maximum absolute atomic E-state index is 13.9. The van der Waals surface area contributed by atoms with E-state index in [0.29, 0.717) is 40.0 Å². The van der Waals surface area contributed by atoms with Crippen molar-refractivity contribution in [1.82, 2.24) is 0 Å². The lowest BCUT2D eigenvalue weighted by Gasteiger charge is -2.39.